The van der Waals surface area contributed by atoms with Crippen LogP contribution in [0, 0.1) is 0 Å². The van der Waals surface area contributed by atoms with Gasteiger partial charge in [-0.2, -0.15) is 5.10 Å². The molecule has 1 aromatic heterocycles. The number of ether oxygens (including phenoxy) is 1. The van der Waals surface area contributed by atoms with Crippen molar-refractivity contribution in [1.29, 1.82) is 0 Å². The Morgan fingerprint density at radius 1 is 1.38 bits per heavy atom. The summed E-state index contributed by atoms with van der Waals surface area (Å²) in [6.45, 7) is 3.32. The Bertz CT molecular complexity index is 789. The first-order valence-corrected chi connectivity index (χ1v) is 8.58. The third-order valence-corrected chi connectivity index (χ3v) is 4.36. The van der Waals surface area contributed by atoms with Crippen LogP contribution in [0.3, 0.4) is 0 Å². The third kappa shape index (κ3) is 4.14. The number of urea groups is 1. The van der Waals surface area contributed by atoms with Gasteiger partial charge in [0, 0.05) is 43.9 Å². The molecule has 0 aliphatic carbocycles. The Balaban J connectivity index is 1.65. The minimum absolute atomic E-state index is 0.0204. The van der Waals surface area contributed by atoms with Gasteiger partial charge in [0.25, 0.3) is 0 Å². The lowest BCUT2D eigenvalue weighted by molar-refractivity contribution is -0.120. The van der Waals surface area contributed by atoms with E-state index in [-0.39, 0.29) is 18.0 Å². The molecule has 2 heterocycles. The lowest BCUT2D eigenvalue weighted by atomic mass is 10.2. The van der Waals surface area contributed by atoms with Gasteiger partial charge < -0.3 is 20.3 Å². The molecule has 0 saturated carbocycles. The summed E-state index contributed by atoms with van der Waals surface area (Å²) in [6.07, 6.45) is 3.95. The van der Waals surface area contributed by atoms with Gasteiger partial charge in [-0.15, -0.1) is 0 Å². The van der Waals surface area contributed by atoms with Gasteiger partial charge in [-0.1, -0.05) is 6.07 Å². The van der Waals surface area contributed by atoms with Crippen LogP contribution in [0.5, 0.6) is 5.75 Å². The summed E-state index contributed by atoms with van der Waals surface area (Å²) in [6, 6.07) is 7.22. The summed E-state index contributed by atoms with van der Waals surface area (Å²) in [5, 5.41) is 10.1. The molecule has 1 atom stereocenters. The standard InChI is InChI=1S/C18H23N5O3/c1-13(21-18(25)22-8-6-17(24)19-7-9-22)14-11-20-23(12-14)15-4-3-5-16(10-15)26-2/h3-5,10-13H,6-9H2,1-2H3,(H,19,24)(H,21,25)/t13-/m1/s1. The first-order chi connectivity index (χ1) is 12.6. The van der Waals surface area contributed by atoms with Gasteiger partial charge in [-0.05, 0) is 19.1 Å². The number of hydrogen-bond acceptors (Lipinski definition) is 4. The monoisotopic (exact) mass is 357 g/mol. The van der Waals surface area contributed by atoms with E-state index < -0.39 is 0 Å². The van der Waals surface area contributed by atoms with Crippen molar-refractivity contribution in [2.75, 3.05) is 26.7 Å². The number of amides is 3. The van der Waals surface area contributed by atoms with Crippen molar-refractivity contribution < 1.29 is 14.3 Å². The average Bonchev–Trinajstić information content (AvgIpc) is 3.05. The minimum Gasteiger partial charge on any atom is -0.497 e. The molecule has 1 aliphatic heterocycles. The zero-order chi connectivity index (χ0) is 18.5. The van der Waals surface area contributed by atoms with Crippen molar-refractivity contribution in [2.24, 2.45) is 0 Å². The third-order valence-electron chi connectivity index (χ3n) is 4.36. The van der Waals surface area contributed by atoms with E-state index in [4.69, 9.17) is 4.74 Å². The van der Waals surface area contributed by atoms with E-state index in [2.05, 4.69) is 15.7 Å². The summed E-state index contributed by atoms with van der Waals surface area (Å²) in [4.78, 5) is 25.5. The number of rotatable bonds is 4. The molecule has 1 aliphatic rings. The Morgan fingerprint density at radius 2 is 2.23 bits per heavy atom. The Labute approximate surface area is 152 Å². The van der Waals surface area contributed by atoms with Crippen LogP contribution in [0.25, 0.3) is 5.69 Å². The van der Waals surface area contributed by atoms with Gasteiger partial charge in [0.15, 0.2) is 0 Å². The summed E-state index contributed by atoms with van der Waals surface area (Å²) in [5.74, 6) is 0.734. The molecular weight excluding hydrogens is 334 g/mol. The summed E-state index contributed by atoms with van der Waals surface area (Å²) < 4.78 is 6.98. The molecule has 0 unspecified atom stereocenters. The van der Waals surface area contributed by atoms with Crippen molar-refractivity contribution in [3.8, 4) is 11.4 Å². The first kappa shape index (κ1) is 17.8. The Kier molecular flexibility index (Phi) is 5.40. The van der Waals surface area contributed by atoms with Crippen molar-refractivity contribution >= 4 is 11.9 Å². The van der Waals surface area contributed by atoms with Gasteiger partial charge in [-0.3, -0.25) is 4.79 Å². The fourth-order valence-corrected chi connectivity index (χ4v) is 2.78. The van der Waals surface area contributed by atoms with E-state index in [1.807, 2.05) is 37.4 Å². The second-order valence-electron chi connectivity index (χ2n) is 6.18. The molecule has 8 heteroatoms. The van der Waals surface area contributed by atoms with Crippen molar-refractivity contribution in [1.82, 2.24) is 25.3 Å². The van der Waals surface area contributed by atoms with Crippen LogP contribution in [-0.2, 0) is 4.79 Å². The molecule has 0 radical (unpaired) electrons. The topological polar surface area (TPSA) is 88.5 Å². The van der Waals surface area contributed by atoms with Crippen LogP contribution in [-0.4, -0.2) is 53.4 Å². The molecule has 0 bridgehead atoms. The van der Waals surface area contributed by atoms with Crippen molar-refractivity contribution in [3.05, 3.63) is 42.2 Å². The van der Waals surface area contributed by atoms with Crippen LogP contribution < -0.4 is 15.4 Å². The number of hydrogen-bond donors (Lipinski definition) is 2. The fraction of sp³-hybridized carbons (Fsp3) is 0.389. The molecule has 0 spiro atoms. The normalized spacial score (nSPS) is 15.8. The molecule has 3 rings (SSSR count). The van der Waals surface area contributed by atoms with Gasteiger partial charge in [0.05, 0.1) is 25.0 Å². The lowest BCUT2D eigenvalue weighted by Crippen LogP contribution is -2.42. The number of nitrogens with zero attached hydrogens (tertiary/aromatic N) is 3. The molecule has 1 fully saturated rings. The highest BCUT2D eigenvalue weighted by Gasteiger charge is 2.20. The zero-order valence-electron chi connectivity index (χ0n) is 14.9. The molecule has 3 amide bonds. The summed E-state index contributed by atoms with van der Waals surface area (Å²) in [7, 11) is 1.62. The predicted molar refractivity (Wildman–Crippen MR) is 96.3 cm³/mol. The van der Waals surface area contributed by atoms with Crippen LogP contribution >= 0.6 is 0 Å². The number of carbonyl (C=O) groups is 2. The van der Waals surface area contributed by atoms with E-state index in [0.717, 1.165) is 17.0 Å². The molecule has 1 saturated heterocycles. The maximum absolute atomic E-state index is 12.4. The Hall–Kier alpha value is -3.03. The molecule has 1 aromatic carbocycles. The number of carbonyl (C=O) groups excluding carboxylic acids is 2. The second kappa shape index (κ2) is 7.90. The van der Waals surface area contributed by atoms with Gasteiger partial charge in [0.2, 0.25) is 5.91 Å². The number of aromatic nitrogens is 2. The van der Waals surface area contributed by atoms with Crippen LogP contribution in [0.15, 0.2) is 36.7 Å². The van der Waals surface area contributed by atoms with Gasteiger partial charge in [0.1, 0.15) is 5.75 Å². The first-order valence-electron chi connectivity index (χ1n) is 8.58. The van der Waals surface area contributed by atoms with E-state index in [1.165, 1.54) is 0 Å². The highest BCUT2D eigenvalue weighted by Crippen LogP contribution is 2.18. The SMILES string of the molecule is COc1cccc(-n2cc([C@@H](C)NC(=O)N3CCNC(=O)CC3)cn2)c1. The minimum atomic E-state index is -0.200. The zero-order valence-corrected chi connectivity index (χ0v) is 14.9. The second-order valence-corrected chi connectivity index (χ2v) is 6.18. The van der Waals surface area contributed by atoms with Crippen molar-refractivity contribution in [2.45, 2.75) is 19.4 Å². The quantitative estimate of drug-likeness (QED) is 0.867. The summed E-state index contributed by atoms with van der Waals surface area (Å²) >= 11 is 0. The lowest BCUT2D eigenvalue weighted by Gasteiger charge is -2.22. The van der Waals surface area contributed by atoms with E-state index in [1.54, 1.807) is 22.9 Å². The van der Waals surface area contributed by atoms with Crippen LogP contribution in [0.2, 0.25) is 0 Å². The van der Waals surface area contributed by atoms with Gasteiger partial charge >= 0.3 is 6.03 Å². The molecule has 2 aromatic rings. The molecule has 8 nitrogen and oxygen atoms in total. The molecule has 2 N–H and O–H groups in total. The molecule has 138 valence electrons. The summed E-state index contributed by atoms with van der Waals surface area (Å²) in [5.41, 5.74) is 1.77. The Morgan fingerprint density at radius 3 is 3.04 bits per heavy atom. The maximum Gasteiger partial charge on any atom is 0.317 e. The number of nitrogens with one attached hydrogen (secondary N) is 2. The highest BCUT2D eigenvalue weighted by atomic mass is 16.5. The van der Waals surface area contributed by atoms with Crippen LogP contribution in [0.1, 0.15) is 24.9 Å². The van der Waals surface area contributed by atoms with E-state index in [9.17, 15) is 9.59 Å². The maximum atomic E-state index is 12.4. The number of methoxy groups -OCH3 is 1. The fourth-order valence-electron chi connectivity index (χ4n) is 2.78. The van der Waals surface area contributed by atoms with E-state index in [0.29, 0.717) is 26.1 Å². The van der Waals surface area contributed by atoms with Crippen LogP contribution in [0.4, 0.5) is 4.79 Å². The predicted octanol–water partition coefficient (Wildman–Crippen LogP) is 1.47. The van der Waals surface area contributed by atoms with E-state index >= 15 is 0 Å². The molecular formula is C18H23N5O3. The average molecular weight is 357 g/mol. The smallest absolute Gasteiger partial charge is 0.317 e. The van der Waals surface area contributed by atoms with Gasteiger partial charge in [-0.25, -0.2) is 9.48 Å². The molecule has 26 heavy (non-hydrogen) atoms. The number of benzene rings is 1. The van der Waals surface area contributed by atoms with Crippen molar-refractivity contribution in [3.63, 3.8) is 0 Å². The largest absolute Gasteiger partial charge is 0.497 e. The highest BCUT2D eigenvalue weighted by molar-refractivity contribution is 5.79.